The zero-order valence-corrected chi connectivity index (χ0v) is 17.4. The van der Waals surface area contributed by atoms with Gasteiger partial charge in [0.15, 0.2) is 5.58 Å². The Labute approximate surface area is 164 Å². The van der Waals surface area contributed by atoms with E-state index in [9.17, 15) is 8.42 Å². The van der Waals surface area contributed by atoms with E-state index in [0.29, 0.717) is 42.8 Å². The van der Waals surface area contributed by atoms with Gasteiger partial charge in [0, 0.05) is 26.2 Å². The molecule has 6 nitrogen and oxygen atoms in total. The fraction of sp³-hybridized carbons (Fsp3) is 0.353. The van der Waals surface area contributed by atoms with Gasteiger partial charge in [-0.05, 0) is 52.7 Å². The first-order valence-corrected chi connectivity index (χ1v) is 11.3. The molecule has 1 aliphatic rings. The number of nitrogens with zero attached hydrogens (tertiary/aromatic N) is 3. The van der Waals surface area contributed by atoms with Crippen molar-refractivity contribution in [1.82, 2.24) is 14.2 Å². The predicted molar refractivity (Wildman–Crippen MR) is 105 cm³/mol. The maximum absolute atomic E-state index is 12.7. The number of aromatic nitrogens is 1. The number of benzene rings is 1. The fourth-order valence-corrected chi connectivity index (χ4v) is 6.62. The number of fused-ring (bicyclic) bond motifs is 1. The van der Waals surface area contributed by atoms with Crippen molar-refractivity contribution in [2.45, 2.75) is 17.7 Å². The van der Waals surface area contributed by atoms with Crippen LogP contribution in [0.15, 0.2) is 42.7 Å². The molecule has 9 heteroatoms. The first-order chi connectivity index (χ1) is 12.4. The van der Waals surface area contributed by atoms with Crippen molar-refractivity contribution in [3.05, 3.63) is 45.6 Å². The molecule has 26 heavy (non-hydrogen) atoms. The summed E-state index contributed by atoms with van der Waals surface area (Å²) in [6.45, 7) is 4.87. The number of piperazine rings is 1. The lowest BCUT2D eigenvalue weighted by Crippen LogP contribution is -2.48. The monoisotopic (exact) mass is 455 g/mol. The van der Waals surface area contributed by atoms with Gasteiger partial charge in [0.25, 0.3) is 10.0 Å². The fourth-order valence-electron chi connectivity index (χ4n) is 3.04. The predicted octanol–water partition coefficient (Wildman–Crippen LogP) is 3.47. The van der Waals surface area contributed by atoms with Crippen LogP contribution in [0.3, 0.4) is 0 Å². The summed E-state index contributed by atoms with van der Waals surface area (Å²) < 4.78 is 33.9. The Hall–Kier alpha value is -1.26. The Morgan fingerprint density at radius 1 is 1.19 bits per heavy atom. The second kappa shape index (κ2) is 7.05. The van der Waals surface area contributed by atoms with Crippen LogP contribution in [0, 0.1) is 6.92 Å². The topological polar surface area (TPSA) is 66.7 Å². The summed E-state index contributed by atoms with van der Waals surface area (Å²) in [5.74, 6) is 0.670. The second-order valence-electron chi connectivity index (χ2n) is 6.32. The molecule has 0 unspecified atom stereocenters. The van der Waals surface area contributed by atoms with Gasteiger partial charge in [-0.25, -0.2) is 13.4 Å². The summed E-state index contributed by atoms with van der Waals surface area (Å²) in [4.78, 5) is 6.72. The number of rotatable bonds is 4. The molecule has 0 radical (unpaired) electrons. The van der Waals surface area contributed by atoms with E-state index in [-0.39, 0.29) is 0 Å². The Morgan fingerprint density at radius 3 is 2.65 bits per heavy atom. The Kier molecular flexibility index (Phi) is 4.91. The quantitative estimate of drug-likeness (QED) is 0.602. The second-order valence-corrected chi connectivity index (χ2v) is 10.9. The highest BCUT2D eigenvalue weighted by atomic mass is 79.9. The van der Waals surface area contributed by atoms with E-state index in [0.717, 1.165) is 20.4 Å². The third kappa shape index (κ3) is 3.59. The summed E-state index contributed by atoms with van der Waals surface area (Å²) in [5.41, 5.74) is 2.80. The van der Waals surface area contributed by atoms with Crippen LogP contribution in [0.5, 0.6) is 0 Å². The molecule has 0 aliphatic carbocycles. The molecular formula is C17H18BrN3O3S2. The van der Waals surface area contributed by atoms with Gasteiger partial charge in [-0.3, -0.25) is 4.90 Å². The molecule has 2 aromatic heterocycles. The molecule has 0 N–H and O–H groups in total. The van der Waals surface area contributed by atoms with Crippen LogP contribution in [0.1, 0.15) is 11.5 Å². The highest BCUT2D eigenvalue weighted by Crippen LogP contribution is 2.29. The van der Waals surface area contributed by atoms with Crippen molar-refractivity contribution in [3.63, 3.8) is 0 Å². The molecule has 3 aromatic rings. The number of halogens is 1. The number of thiophene rings is 1. The number of hydrogen-bond acceptors (Lipinski definition) is 6. The van der Waals surface area contributed by atoms with Gasteiger partial charge in [-0.2, -0.15) is 4.31 Å². The van der Waals surface area contributed by atoms with Gasteiger partial charge >= 0.3 is 0 Å². The lowest BCUT2D eigenvalue weighted by molar-refractivity contribution is 0.169. The molecule has 4 rings (SSSR count). The van der Waals surface area contributed by atoms with Crippen LogP contribution >= 0.6 is 27.3 Å². The summed E-state index contributed by atoms with van der Waals surface area (Å²) >= 11 is 4.57. The maximum Gasteiger partial charge on any atom is 0.252 e. The van der Waals surface area contributed by atoms with E-state index in [1.165, 1.54) is 11.3 Å². The first kappa shape index (κ1) is 18.1. The highest BCUT2D eigenvalue weighted by Gasteiger charge is 2.30. The summed E-state index contributed by atoms with van der Waals surface area (Å²) in [7, 11) is -3.41. The third-order valence-electron chi connectivity index (χ3n) is 4.42. The number of aryl methyl sites for hydroxylation is 1. The Balaban J connectivity index is 1.41. The Morgan fingerprint density at radius 2 is 1.96 bits per heavy atom. The standard InChI is InChI=1S/C17H18BrN3O3S2/c1-12-2-3-14-13(10-12)19-16(24-14)11-20-6-8-21(9-7-20)26(22,23)17-5-4-15(18)25-17/h2-5,10H,6-9,11H2,1H3. The minimum Gasteiger partial charge on any atom is -0.439 e. The molecule has 0 bridgehead atoms. The number of sulfonamides is 1. The normalized spacial score (nSPS) is 17.2. The van der Waals surface area contributed by atoms with Crippen LogP contribution < -0.4 is 0 Å². The van der Waals surface area contributed by atoms with Crippen LogP contribution in [0.2, 0.25) is 0 Å². The van der Waals surface area contributed by atoms with E-state index >= 15 is 0 Å². The lowest BCUT2D eigenvalue weighted by Gasteiger charge is -2.32. The molecule has 138 valence electrons. The van der Waals surface area contributed by atoms with Crippen molar-refractivity contribution >= 4 is 48.4 Å². The van der Waals surface area contributed by atoms with Crippen LogP contribution in [0.4, 0.5) is 0 Å². The molecule has 0 amide bonds. The van der Waals surface area contributed by atoms with Crippen LogP contribution in [-0.4, -0.2) is 48.8 Å². The molecule has 1 saturated heterocycles. The van der Waals surface area contributed by atoms with Crippen molar-refractivity contribution < 1.29 is 12.8 Å². The van der Waals surface area contributed by atoms with E-state index in [1.54, 1.807) is 16.4 Å². The average Bonchev–Trinajstić information content (AvgIpc) is 3.21. The van der Waals surface area contributed by atoms with E-state index in [2.05, 4.69) is 25.8 Å². The minimum absolute atomic E-state index is 0.382. The highest BCUT2D eigenvalue weighted by molar-refractivity contribution is 9.11. The molecule has 3 heterocycles. The molecule has 1 fully saturated rings. The SMILES string of the molecule is Cc1ccc2oc(CN3CCN(S(=O)(=O)c4ccc(Br)s4)CC3)nc2c1. The number of oxazole rings is 1. The van der Waals surface area contributed by atoms with E-state index in [4.69, 9.17) is 4.42 Å². The van der Waals surface area contributed by atoms with Crippen molar-refractivity contribution in [2.24, 2.45) is 0 Å². The van der Waals surface area contributed by atoms with Gasteiger partial charge in [0.2, 0.25) is 5.89 Å². The summed E-state index contributed by atoms with van der Waals surface area (Å²) in [6.07, 6.45) is 0. The largest absolute Gasteiger partial charge is 0.439 e. The molecule has 0 spiro atoms. The zero-order chi connectivity index (χ0) is 18.3. The minimum atomic E-state index is -3.41. The average molecular weight is 456 g/mol. The van der Waals surface area contributed by atoms with Crippen LogP contribution in [-0.2, 0) is 16.6 Å². The first-order valence-electron chi connectivity index (χ1n) is 8.26. The Bertz CT molecular complexity index is 1040. The number of hydrogen-bond donors (Lipinski definition) is 0. The van der Waals surface area contributed by atoms with Crippen LogP contribution in [0.25, 0.3) is 11.1 Å². The van der Waals surface area contributed by atoms with Crippen molar-refractivity contribution in [3.8, 4) is 0 Å². The van der Waals surface area contributed by atoms with E-state index < -0.39 is 10.0 Å². The van der Waals surface area contributed by atoms with Crippen molar-refractivity contribution in [2.75, 3.05) is 26.2 Å². The van der Waals surface area contributed by atoms with Gasteiger partial charge in [0.1, 0.15) is 9.73 Å². The third-order valence-corrected chi connectivity index (χ3v) is 8.41. The summed E-state index contributed by atoms with van der Waals surface area (Å²) in [5, 5.41) is 0. The molecule has 1 aliphatic heterocycles. The molecule has 0 atom stereocenters. The van der Waals surface area contributed by atoms with Gasteiger partial charge < -0.3 is 4.42 Å². The van der Waals surface area contributed by atoms with Gasteiger partial charge in [0.05, 0.1) is 10.3 Å². The van der Waals surface area contributed by atoms with E-state index in [1.807, 2.05) is 25.1 Å². The van der Waals surface area contributed by atoms with Crippen molar-refractivity contribution in [1.29, 1.82) is 0 Å². The lowest BCUT2D eigenvalue weighted by atomic mass is 10.2. The van der Waals surface area contributed by atoms with Gasteiger partial charge in [-0.15, -0.1) is 11.3 Å². The zero-order valence-electron chi connectivity index (χ0n) is 14.2. The molecule has 0 saturated carbocycles. The maximum atomic E-state index is 12.7. The van der Waals surface area contributed by atoms with Gasteiger partial charge in [-0.1, -0.05) is 6.07 Å². The smallest absolute Gasteiger partial charge is 0.252 e. The molecule has 1 aromatic carbocycles. The molecular weight excluding hydrogens is 438 g/mol. The summed E-state index contributed by atoms with van der Waals surface area (Å²) in [6, 6.07) is 9.36.